The number of nitrogens with one attached hydrogen (secondary N) is 2. The SMILES string of the molecule is CCOc1ccc(Cl)c(C(=O)NC2CNc3ccccc3C2)n1. The number of carbonyl (C=O) groups excluding carboxylic acids is 1. The fourth-order valence-corrected chi connectivity index (χ4v) is 2.80. The predicted molar refractivity (Wildman–Crippen MR) is 90.3 cm³/mol. The second-order valence-electron chi connectivity index (χ2n) is 5.33. The first-order valence-corrected chi connectivity index (χ1v) is 7.97. The Balaban J connectivity index is 1.71. The first-order valence-electron chi connectivity index (χ1n) is 7.59. The van der Waals surface area contributed by atoms with E-state index in [1.807, 2.05) is 25.1 Å². The topological polar surface area (TPSA) is 63.2 Å². The van der Waals surface area contributed by atoms with Crippen molar-refractivity contribution in [1.29, 1.82) is 0 Å². The zero-order valence-corrected chi connectivity index (χ0v) is 13.6. The molecular formula is C17H18ClN3O2. The molecule has 1 aromatic carbocycles. The number of ether oxygens (including phenoxy) is 1. The highest BCUT2D eigenvalue weighted by Crippen LogP contribution is 2.22. The van der Waals surface area contributed by atoms with E-state index < -0.39 is 0 Å². The summed E-state index contributed by atoms with van der Waals surface area (Å²) in [7, 11) is 0. The molecule has 1 unspecified atom stereocenters. The Morgan fingerprint density at radius 2 is 2.22 bits per heavy atom. The maximum Gasteiger partial charge on any atom is 0.271 e. The number of halogens is 1. The van der Waals surface area contributed by atoms with Crippen molar-refractivity contribution in [2.24, 2.45) is 0 Å². The van der Waals surface area contributed by atoms with Crippen LogP contribution in [0.15, 0.2) is 36.4 Å². The molecule has 1 aromatic heterocycles. The molecule has 0 saturated carbocycles. The smallest absolute Gasteiger partial charge is 0.271 e. The first kappa shape index (κ1) is 15.6. The minimum absolute atomic E-state index is 0.00832. The zero-order valence-electron chi connectivity index (χ0n) is 12.8. The summed E-state index contributed by atoms with van der Waals surface area (Å²) in [6.45, 7) is 3.02. The standard InChI is InChI=1S/C17H18ClN3O2/c1-2-23-15-8-7-13(18)16(21-15)17(22)20-12-9-11-5-3-4-6-14(11)19-10-12/h3-8,12,19H,2,9-10H2,1H3,(H,20,22). The summed E-state index contributed by atoms with van der Waals surface area (Å²) in [5.74, 6) is 0.108. The molecule has 2 heterocycles. The molecule has 2 aromatic rings. The molecule has 0 saturated heterocycles. The Labute approximate surface area is 140 Å². The van der Waals surface area contributed by atoms with Gasteiger partial charge in [0.1, 0.15) is 0 Å². The highest BCUT2D eigenvalue weighted by Gasteiger charge is 2.22. The van der Waals surface area contributed by atoms with Crippen LogP contribution in [0.5, 0.6) is 5.88 Å². The molecule has 0 radical (unpaired) electrons. The Kier molecular flexibility index (Phi) is 4.67. The van der Waals surface area contributed by atoms with Gasteiger partial charge in [-0.05, 0) is 31.0 Å². The van der Waals surface area contributed by atoms with Crippen LogP contribution in [-0.4, -0.2) is 30.1 Å². The van der Waals surface area contributed by atoms with Crippen LogP contribution in [0.3, 0.4) is 0 Å². The highest BCUT2D eigenvalue weighted by molar-refractivity contribution is 6.33. The van der Waals surface area contributed by atoms with Gasteiger partial charge in [-0.25, -0.2) is 4.98 Å². The number of rotatable bonds is 4. The van der Waals surface area contributed by atoms with Gasteiger partial charge in [-0.15, -0.1) is 0 Å². The van der Waals surface area contributed by atoms with E-state index in [-0.39, 0.29) is 17.6 Å². The van der Waals surface area contributed by atoms with Crippen molar-refractivity contribution in [1.82, 2.24) is 10.3 Å². The maximum atomic E-state index is 12.5. The van der Waals surface area contributed by atoms with Crippen LogP contribution in [0.2, 0.25) is 5.02 Å². The Hall–Kier alpha value is -2.27. The van der Waals surface area contributed by atoms with E-state index in [2.05, 4.69) is 21.7 Å². The molecule has 2 N–H and O–H groups in total. The number of aromatic nitrogens is 1. The highest BCUT2D eigenvalue weighted by atomic mass is 35.5. The van der Waals surface area contributed by atoms with Crippen LogP contribution in [0, 0.1) is 0 Å². The van der Waals surface area contributed by atoms with E-state index in [1.165, 1.54) is 5.56 Å². The third-order valence-electron chi connectivity index (χ3n) is 3.69. The minimum atomic E-state index is -0.289. The van der Waals surface area contributed by atoms with E-state index in [1.54, 1.807) is 12.1 Å². The molecule has 23 heavy (non-hydrogen) atoms. The average molecular weight is 332 g/mol. The summed E-state index contributed by atoms with van der Waals surface area (Å²) in [6.07, 6.45) is 0.775. The molecule has 1 aliphatic rings. The summed E-state index contributed by atoms with van der Waals surface area (Å²) in [4.78, 5) is 16.6. The Morgan fingerprint density at radius 3 is 3.04 bits per heavy atom. The summed E-state index contributed by atoms with van der Waals surface area (Å²) >= 11 is 6.10. The zero-order chi connectivity index (χ0) is 16.2. The summed E-state index contributed by atoms with van der Waals surface area (Å²) in [5, 5.41) is 6.62. The second-order valence-corrected chi connectivity index (χ2v) is 5.73. The van der Waals surface area contributed by atoms with Crippen molar-refractivity contribution in [3.05, 3.63) is 52.7 Å². The molecule has 1 aliphatic heterocycles. The molecule has 0 bridgehead atoms. The lowest BCUT2D eigenvalue weighted by molar-refractivity contribution is 0.0932. The maximum absolute atomic E-state index is 12.5. The summed E-state index contributed by atoms with van der Waals surface area (Å²) < 4.78 is 5.33. The molecule has 0 aliphatic carbocycles. The van der Waals surface area contributed by atoms with Crippen molar-refractivity contribution >= 4 is 23.2 Å². The lowest BCUT2D eigenvalue weighted by Crippen LogP contribution is -2.43. The molecule has 0 spiro atoms. The van der Waals surface area contributed by atoms with Crippen LogP contribution in [-0.2, 0) is 6.42 Å². The van der Waals surface area contributed by atoms with Crippen molar-refractivity contribution in [3.63, 3.8) is 0 Å². The van der Waals surface area contributed by atoms with Gasteiger partial charge >= 0.3 is 0 Å². The fourth-order valence-electron chi connectivity index (χ4n) is 2.61. The molecule has 1 atom stereocenters. The number of hydrogen-bond acceptors (Lipinski definition) is 4. The molecule has 5 nitrogen and oxygen atoms in total. The number of hydrogen-bond donors (Lipinski definition) is 2. The lowest BCUT2D eigenvalue weighted by Gasteiger charge is -2.26. The van der Waals surface area contributed by atoms with E-state index in [4.69, 9.17) is 16.3 Å². The van der Waals surface area contributed by atoms with Crippen molar-refractivity contribution in [2.75, 3.05) is 18.5 Å². The van der Waals surface area contributed by atoms with E-state index in [0.717, 1.165) is 12.1 Å². The summed E-state index contributed by atoms with van der Waals surface area (Å²) in [6, 6.07) is 11.4. The van der Waals surface area contributed by atoms with Crippen molar-refractivity contribution in [2.45, 2.75) is 19.4 Å². The molecule has 0 fully saturated rings. The quantitative estimate of drug-likeness (QED) is 0.904. The van der Waals surface area contributed by atoms with Gasteiger partial charge < -0.3 is 15.4 Å². The van der Waals surface area contributed by atoms with Crippen molar-refractivity contribution < 1.29 is 9.53 Å². The van der Waals surface area contributed by atoms with Gasteiger partial charge in [-0.1, -0.05) is 29.8 Å². The number of para-hydroxylation sites is 1. The lowest BCUT2D eigenvalue weighted by atomic mass is 9.99. The van der Waals surface area contributed by atoms with E-state index in [0.29, 0.717) is 24.1 Å². The molecule has 3 rings (SSSR count). The van der Waals surface area contributed by atoms with Crippen molar-refractivity contribution in [3.8, 4) is 5.88 Å². The Morgan fingerprint density at radius 1 is 1.39 bits per heavy atom. The minimum Gasteiger partial charge on any atom is -0.478 e. The number of fused-ring (bicyclic) bond motifs is 1. The molecule has 1 amide bonds. The van der Waals surface area contributed by atoms with Gasteiger partial charge in [0.25, 0.3) is 5.91 Å². The van der Waals surface area contributed by atoms with Gasteiger partial charge in [0.15, 0.2) is 5.69 Å². The largest absolute Gasteiger partial charge is 0.478 e. The molecule has 6 heteroatoms. The first-order chi connectivity index (χ1) is 11.2. The van der Waals surface area contributed by atoms with Gasteiger partial charge in [0.05, 0.1) is 17.7 Å². The van der Waals surface area contributed by atoms with Gasteiger partial charge in [0.2, 0.25) is 5.88 Å². The normalized spacial score (nSPS) is 16.2. The van der Waals surface area contributed by atoms with E-state index >= 15 is 0 Å². The molecule has 120 valence electrons. The number of carbonyl (C=O) groups is 1. The summed E-state index contributed by atoms with van der Waals surface area (Å²) in [5.41, 5.74) is 2.50. The van der Waals surface area contributed by atoms with Gasteiger partial charge in [-0.3, -0.25) is 4.79 Å². The van der Waals surface area contributed by atoms with Crippen LogP contribution in [0.4, 0.5) is 5.69 Å². The fraction of sp³-hybridized carbons (Fsp3) is 0.294. The van der Waals surface area contributed by atoms with Crippen LogP contribution in [0.1, 0.15) is 23.0 Å². The molecular weight excluding hydrogens is 314 g/mol. The monoisotopic (exact) mass is 331 g/mol. The average Bonchev–Trinajstić information content (AvgIpc) is 2.56. The van der Waals surface area contributed by atoms with Gasteiger partial charge in [-0.2, -0.15) is 0 Å². The predicted octanol–water partition coefficient (Wildman–Crippen LogP) is 2.90. The number of pyridine rings is 1. The second kappa shape index (κ2) is 6.87. The third-order valence-corrected chi connectivity index (χ3v) is 3.99. The van der Waals surface area contributed by atoms with Crippen LogP contribution in [0.25, 0.3) is 0 Å². The number of amides is 1. The Bertz CT molecular complexity index is 721. The van der Waals surface area contributed by atoms with Gasteiger partial charge in [0, 0.05) is 18.3 Å². The number of nitrogens with zero attached hydrogens (tertiary/aromatic N) is 1. The van der Waals surface area contributed by atoms with Crippen LogP contribution < -0.4 is 15.4 Å². The van der Waals surface area contributed by atoms with E-state index in [9.17, 15) is 4.79 Å². The third kappa shape index (κ3) is 3.56. The number of benzene rings is 1. The number of anilines is 1. The van der Waals surface area contributed by atoms with Crippen LogP contribution >= 0.6 is 11.6 Å².